The highest BCUT2D eigenvalue weighted by Gasteiger charge is 2.32. The summed E-state index contributed by atoms with van der Waals surface area (Å²) in [5, 5.41) is 0. The van der Waals surface area contributed by atoms with Crippen LogP contribution in [0.25, 0.3) is 0 Å². The Bertz CT molecular complexity index is 413. The number of nitrogens with zero attached hydrogens (tertiary/aromatic N) is 2. The van der Waals surface area contributed by atoms with Crippen LogP contribution >= 0.6 is 0 Å². The van der Waals surface area contributed by atoms with Crippen molar-refractivity contribution in [3.63, 3.8) is 0 Å². The van der Waals surface area contributed by atoms with Crippen molar-refractivity contribution in [2.45, 2.75) is 59.0 Å². The van der Waals surface area contributed by atoms with Crippen LogP contribution in [0.5, 0.6) is 0 Å². The Kier molecular flexibility index (Phi) is 5.35. The van der Waals surface area contributed by atoms with Gasteiger partial charge in [-0.05, 0) is 58.8 Å². The fraction of sp³-hybridized carbons (Fsp3) is 0.882. The van der Waals surface area contributed by atoms with Crippen LogP contribution < -0.4 is 0 Å². The summed E-state index contributed by atoms with van der Waals surface area (Å²) in [4.78, 5) is 28.1. The molecule has 126 valence electrons. The fourth-order valence-electron chi connectivity index (χ4n) is 2.87. The van der Waals surface area contributed by atoms with Crippen molar-refractivity contribution in [1.29, 1.82) is 0 Å². The lowest BCUT2D eigenvalue weighted by atomic mass is 9.95. The van der Waals surface area contributed by atoms with E-state index in [9.17, 15) is 9.59 Å². The summed E-state index contributed by atoms with van der Waals surface area (Å²) >= 11 is 0. The molecule has 2 amide bonds. The third-order valence-corrected chi connectivity index (χ3v) is 4.31. The van der Waals surface area contributed by atoms with Gasteiger partial charge in [-0.25, -0.2) is 4.79 Å². The van der Waals surface area contributed by atoms with Crippen LogP contribution in [0.15, 0.2) is 0 Å². The van der Waals surface area contributed by atoms with Crippen LogP contribution in [0.3, 0.4) is 0 Å². The van der Waals surface area contributed by atoms with Crippen LogP contribution in [0.2, 0.25) is 0 Å². The van der Waals surface area contributed by atoms with Crippen molar-refractivity contribution in [2.24, 2.45) is 11.8 Å². The first-order chi connectivity index (χ1) is 10.3. The van der Waals surface area contributed by atoms with Gasteiger partial charge in [0.2, 0.25) is 5.91 Å². The molecule has 0 N–H and O–H groups in total. The zero-order chi connectivity index (χ0) is 16.3. The lowest BCUT2D eigenvalue weighted by Crippen LogP contribution is -2.45. The van der Waals surface area contributed by atoms with E-state index < -0.39 is 5.60 Å². The number of piperidine rings is 1. The average Bonchev–Trinajstić information content (AvgIpc) is 3.21. The highest BCUT2D eigenvalue weighted by Crippen LogP contribution is 2.31. The molecule has 5 heteroatoms. The standard InChI is InChI=1S/C17H30N2O3/c1-5-18(16(21)22-17(2,3)4)12-14-8-9-19(15(20)10-14)11-13-6-7-13/h13-14H,5-12H2,1-4H3. The largest absolute Gasteiger partial charge is 0.444 e. The Morgan fingerprint density at radius 2 is 1.95 bits per heavy atom. The van der Waals surface area contributed by atoms with Crippen molar-refractivity contribution in [2.75, 3.05) is 26.2 Å². The minimum atomic E-state index is -0.478. The summed E-state index contributed by atoms with van der Waals surface area (Å²) in [6, 6.07) is 0. The van der Waals surface area contributed by atoms with Crippen molar-refractivity contribution >= 4 is 12.0 Å². The predicted molar refractivity (Wildman–Crippen MR) is 85.5 cm³/mol. The van der Waals surface area contributed by atoms with Crippen molar-refractivity contribution < 1.29 is 14.3 Å². The smallest absolute Gasteiger partial charge is 0.410 e. The molecule has 0 aromatic rings. The van der Waals surface area contributed by atoms with Crippen molar-refractivity contribution in [3.8, 4) is 0 Å². The van der Waals surface area contributed by atoms with Gasteiger partial charge in [0.05, 0.1) is 0 Å². The Balaban J connectivity index is 1.81. The summed E-state index contributed by atoms with van der Waals surface area (Å²) in [6.45, 7) is 10.6. The molecule has 1 saturated heterocycles. The van der Waals surface area contributed by atoms with Gasteiger partial charge in [-0.2, -0.15) is 0 Å². The van der Waals surface area contributed by atoms with Crippen LogP contribution in [0.1, 0.15) is 53.4 Å². The molecule has 1 atom stereocenters. The SMILES string of the molecule is CCN(CC1CCN(CC2CC2)C(=O)C1)C(=O)OC(C)(C)C. The topological polar surface area (TPSA) is 49.9 Å². The molecule has 0 bridgehead atoms. The quantitative estimate of drug-likeness (QED) is 0.784. The molecule has 2 fully saturated rings. The summed E-state index contributed by atoms with van der Waals surface area (Å²) in [5.74, 6) is 1.26. The van der Waals surface area contributed by atoms with Crippen molar-refractivity contribution in [1.82, 2.24) is 9.80 Å². The summed E-state index contributed by atoms with van der Waals surface area (Å²) in [6.07, 6.45) is 3.82. The van der Waals surface area contributed by atoms with Gasteiger partial charge in [0, 0.05) is 32.6 Å². The number of hydrogen-bond donors (Lipinski definition) is 0. The first-order valence-electron chi connectivity index (χ1n) is 8.54. The number of amides is 2. The highest BCUT2D eigenvalue weighted by molar-refractivity contribution is 5.77. The number of rotatable bonds is 5. The molecule has 0 aromatic heterocycles. The van der Waals surface area contributed by atoms with Crippen LogP contribution in [0.4, 0.5) is 4.79 Å². The Labute approximate surface area is 134 Å². The molecule has 0 spiro atoms. The second kappa shape index (κ2) is 6.88. The Hall–Kier alpha value is -1.26. The molecular formula is C17H30N2O3. The summed E-state index contributed by atoms with van der Waals surface area (Å²) in [7, 11) is 0. The fourth-order valence-corrected chi connectivity index (χ4v) is 2.87. The first-order valence-corrected chi connectivity index (χ1v) is 8.54. The summed E-state index contributed by atoms with van der Waals surface area (Å²) in [5.41, 5.74) is -0.478. The van der Waals surface area contributed by atoms with Gasteiger partial charge < -0.3 is 14.5 Å². The predicted octanol–water partition coefficient (Wildman–Crippen LogP) is 2.89. The van der Waals surface area contributed by atoms with E-state index >= 15 is 0 Å². The lowest BCUT2D eigenvalue weighted by Gasteiger charge is -2.35. The number of carbonyl (C=O) groups excluding carboxylic acids is 2. The van der Waals surface area contributed by atoms with Gasteiger partial charge in [0.1, 0.15) is 5.60 Å². The van der Waals surface area contributed by atoms with Gasteiger partial charge in [0.15, 0.2) is 0 Å². The number of likely N-dealkylation sites (tertiary alicyclic amines) is 1. The normalized spacial score (nSPS) is 22.6. The maximum absolute atomic E-state index is 12.2. The van der Waals surface area contributed by atoms with Gasteiger partial charge in [-0.3, -0.25) is 4.79 Å². The number of ether oxygens (including phenoxy) is 1. The molecule has 1 heterocycles. The van der Waals surface area contributed by atoms with Crippen LogP contribution in [-0.2, 0) is 9.53 Å². The van der Waals surface area contributed by atoms with E-state index in [1.54, 1.807) is 4.90 Å². The van der Waals surface area contributed by atoms with E-state index in [0.717, 1.165) is 25.4 Å². The van der Waals surface area contributed by atoms with E-state index in [0.29, 0.717) is 19.5 Å². The Morgan fingerprint density at radius 1 is 1.27 bits per heavy atom. The van der Waals surface area contributed by atoms with E-state index in [2.05, 4.69) is 0 Å². The maximum atomic E-state index is 12.2. The zero-order valence-corrected chi connectivity index (χ0v) is 14.4. The van der Waals surface area contributed by atoms with Crippen LogP contribution in [0, 0.1) is 11.8 Å². The second-order valence-corrected chi connectivity index (χ2v) is 7.66. The second-order valence-electron chi connectivity index (χ2n) is 7.66. The molecule has 22 heavy (non-hydrogen) atoms. The molecule has 2 rings (SSSR count). The first kappa shape index (κ1) is 17.1. The van der Waals surface area contributed by atoms with E-state index in [-0.39, 0.29) is 17.9 Å². The number of hydrogen-bond acceptors (Lipinski definition) is 3. The molecule has 2 aliphatic rings. The molecule has 1 aliphatic carbocycles. The molecule has 1 saturated carbocycles. The molecule has 0 radical (unpaired) electrons. The minimum absolute atomic E-state index is 0.253. The highest BCUT2D eigenvalue weighted by atomic mass is 16.6. The molecule has 0 aromatic carbocycles. The zero-order valence-electron chi connectivity index (χ0n) is 14.4. The summed E-state index contributed by atoms with van der Waals surface area (Å²) < 4.78 is 5.43. The third kappa shape index (κ3) is 5.18. The van der Waals surface area contributed by atoms with Gasteiger partial charge in [0.25, 0.3) is 0 Å². The van der Waals surface area contributed by atoms with E-state index in [1.165, 1.54) is 12.8 Å². The monoisotopic (exact) mass is 310 g/mol. The third-order valence-electron chi connectivity index (χ3n) is 4.31. The van der Waals surface area contributed by atoms with Gasteiger partial charge >= 0.3 is 6.09 Å². The van der Waals surface area contributed by atoms with Gasteiger partial charge in [-0.1, -0.05) is 0 Å². The number of carbonyl (C=O) groups is 2. The van der Waals surface area contributed by atoms with Gasteiger partial charge in [-0.15, -0.1) is 0 Å². The van der Waals surface area contributed by atoms with Crippen LogP contribution in [-0.4, -0.2) is 53.6 Å². The van der Waals surface area contributed by atoms with E-state index in [4.69, 9.17) is 4.74 Å². The molecule has 5 nitrogen and oxygen atoms in total. The minimum Gasteiger partial charge on any atom is -0.444 e. The van der Waals surface area contributed by atoms with E-state index in [1.807, 2.05) is 32.6 Å². The average molecular weight is 310 g/mol. The molecule has 1 unspecified atom stereocenters. The Morgan fingerprint density at radius 3 is 2.45 bits per heavy atom. The maximum Gasteiger partial charge on any atom is 0.410 e. The molecular weight excluding hydrogens is 280 g/mol. The van der Waals surface area contributed by atoms with Crippen molar-refractivity contribution in [3.05, 3.63) is 0 Å². The lowest BCUT2D eigenvalue weighted by molar-refractivity contribution is -0.135. The molecule has 1 aliphatic heterocycles.